The van der Waals surface area contributed by atoms with Crippen LogP contribution in [0.25, 0.3) is 6.08 Å². The molecule has 0 spiro atoms. The van der Waals surface area contributed by atoms with Crippen LogP contribution in [-0.2, 0) is 11.2 Å². The van der Waals surface area contributed by atoms with Crippen molar-refractivity contribution in [3.63, 3.8) is 0 Å². The van der Waals surface area contributed by atoms with Gasteiger partial charge in [0, 0.05) is 4.88 Å². The van der Waals surface area contributed by atoms with E-state index in [1.807, 2.05) is 30.5 Å². The Morgan fingerprint density at radius 3 is 1.94 bits per heavy atom. The molecule has 0 aliphatic rings. The first-order chi connectivity index (χ1) is 16.7. The van der Waals surface area contributed by atoms with Crippen molar-refractivity contribution in [1.29, 1.82) is 0 Å². The van der Waals surface area contributed by atoms with Gasteiger partial charge >= 0.3 is 0 Å². The summed E-state index contributed by atoms with van der Waals surface area (Å²) in [4.78, 5) is 12.7. The van der Waals surface area contributed by atoms with E-state index in [9.17, 15) is 4.79 Å². The standard InChI is InChI=1S/C10H14.C8H8OS.C6H14.C5H10S.C2H2S/c1-2-3-7-10-8-5-4-6-9-10;1-7(9)4-5-8-3-2-6-10-8;1-4-5-6(2)3;1-3-4-5(2)6;1-2-3/h4-6,8-9H,2-3,7H2,1H3;2-6H,1H3;6H,4-5H2,1-3H3;3-4H2,1-2H3;1H2/b;5-4+;;;. The number of thiophene rings is 1. The molecule has 0 atom stereocenters. The lowest BCUT2D eigenvalue weighted by Gasteiger charge is -1.96. The number of hydrogen-bond acceptors (Lipinski definition) is 4. The van der Waals surface area contributed by atoms with Crippen LogP contribution in [0.5, 0.6) is 0 Å². The molecule has 196 valence electrons. The number of aryl methyl sites for hydroxylation is 1. The molecule has 0 unspecified atom stereocenters. The number of allylic oxidation sites excluding steroid dienone is 1. The molecule has 0 saturated carbocycles. The van der Waals surface area contributed by atoms with Crippen LogP contribution < -0.4 is 0 Å². The summed E-state index contributed by atoms with van der Waals surface area (Å²) < 4.78 is 0. The third-order valence-electron chi connectivity index (χ3n) is 4.16. The van der Waals surface area contributed by atoms with Crippen molar-refractivity contribution in [2.24, 2.45) is 5.92 Å². The normalized spacial score (nSPS) is 9.14. The monoisotopic (exact) mass is 532 g/mol. The Morgan fingerprint density at radius 1 is 1.03 bits per heavy atom. The molecule has 0 aliphatic carbocycles. The average molecular weight is 533 g/mol. The molecule has 4 heteroatoms. The van der Waals surface area contributed by atoms with Crippen LogP contribution >= 0.6 is 35.8 Å². The van der Waals surface area contributed by atoms with Gasteiger partial charge in [-0.15, -0.1) is 11.3 Å². The summed E-state index contributed by atoms with van der Waals surface area (Å²) in [6.45, 7) is 17.7. The van der Waals surface area contributed by atoms with E-state index in [1.54, 1.807) is 24.3 Å². The van der Waals surface area contributed by atoms with E-state index in [4.69, 9.17) is 12.2 Å². The second kappa shape index (κ2) is 30.3. The second-order valence-corrected chi connectivity index (χ2v) is 10.3. The van der Waals surface area contributed by atoms with Crippen molar-refractivity contribution in [1.82, 2.24) is 0 Å². The molecule has 0 aliphatic heterocycles. The molecule has 0 amide bonds. The largest absolute Gasteiger partial charge is 0.295 e. The van der Waals surface area contributed by atoms with Gasteiger partial charge in [0.05, 0.1) is 0 Å². The molecule has 1 aromatic carbocycles. The van der Waals surface area contributed by atoms with Crippen molar-refractivity contribution in [2.45, 2.75) is 93.4 Å². The summed E-state index contributed by atoms with van der Waals surface area (Å²) in [5.41, 5.74) is 1.46. The van der Waals surface area contributed by atoms with Gasteiger partial charge in [-0.3, -0.25) is 4.79 Å². The van der Waals surface area contributed by atoms with Crippen LogP contribution in [0.3, 0.4) is 0 Å². The summed E-state index contributed by atoms with van der Waals surface area (Å²) >= 11 is 10.5. The maximum atomic E-state index is 10.5. The predicted molar refractivity (Wildman–Crippen MR) is 170 cm³/mol. The summed E-state index contributed by atoms with van der Waals surface area (Å²) in [6.07, 6.45) is 12.2. The molecule has 0 radical (unpaired) electrons. The zero-order valence-corrected chi connectivity index (χ0v) is 25.6. The Labute approximate surface area is 231 Å². The zero-order valence-electron chi connectivity index (χ0n) is 23.1. The Hall–Kier alpha value is -1.71. The number of hydrogen-bond donors (Lipinski definition) is 0. The number of carbonyl (C=O) groups excluding carboxylic acids is 1. The van der Waals surface area contributed by atoms with Gasteiger partial charge in [0.1, 0.15) is 0 Å². The van der Waals surface area contributed by atoms with Crippen molar-refractivity contribution in [3.05, 3.63) is 70.9 Å². The highest BCUT2D eigenvalue weighted by molar-refractivity contribution is 7.80. The first-order valence-corrected chi connectivity index (χ1v) is 14.3. The lowest BCUT2D eigenvalue weighted by molar-refractivity contribution is -0.112. The molecule has 2 rings (SSSR count). The molecule has 0 bridgehead atoms. The van der Waals surface area contributed by atoms with E-state index in [-0.39, 0.29) is 5.78 Å². The maximum absolute atomic E-state index is 10.5. The number of unbranched alkanes of at least 4 members (excludes halogenated alkanes) is 1. The topological polar surface area (TPSA) is 17.1 Å². The lowest BCUT2D eigenvalue weighted by Crippen LogP contribution is -1.81. The highest BCUT2D eigenvalue weighted by Crippen LogP contribution is 2.09. The van der Waals surface area contributed by atoms with Gasteiger partial charge in [0.15, 0.2) is 5.78 Å². The van der Waals surface area contributed by atoms with Gasteiger partial charge in [-0.2, -0.15) is 0 Å². The Bertz CT molecular complexity index is 769. The molecular weight excluding hydrogens is 485 g/mol. The SMILES string of the molecule is C=C=S.CC(=O)/C=C/c1cccs1.CCCC(C)=S.CCCC(C)C.CCCCc1ccccc1. The van der Waals surface area contributed by atoms with E-state index >= 15 is 0 Å². The number of thiocarbonyl (C=S) groups is 2. The molecule has 1 nitrogen and oxygen atoms in total. The van der Waals surface area contributed by atoms with E-state index in [2.05, 4.69) is 88.8 Å². The first-order valence-electron chi connectivity index (χ1n) is 12.6. The van der Waals surface area contributed by atoms with Crippen molar-refractivity contribution < 1.29 is 4.79 Å². The number of ketones is 1. The Kier molecular flexibility index (Phi) is 32.8. The highest BCUT2D eigenvalue weighted by Gasteiger charge is 1.88. The number of carbonyl (C=O) groups is 1. The molecule has 0 fully saturated rings. The van der Waals surface area contributed by atoms with Crippen molar-refractivity contribution in [3.8, 4) is 0 Å². The van der Waals surface area contributed by atoms with Crippen LogP contribution in [0.15, 0.2) is 60.5 Å². The van der Waals surface area contributed by atoms with Crippen molar-refractivity contribution in [2.75, 3.05) is 0 Å². The molecule has 0 N–H and O–H groups in total. The quantitative estimate of drug-likeness (QED) is 0.236. The van der Waals surface area contributed by atoms with Crippen LogP contribution in [-0.4, -0.2) is 15.7 Å². The van der Waals surface area contributed by atoms with E-state index in [1.165, 1.54) is 44.1 Å². The minimum absolute atomic E-state index is 0.0911. The lowest BCUT2D eigenvalue weighted by atomic mass is 10.1. The molecule has 1 heterocycles. The highest BCUT2D eigenvalue weighted by atomic mass is 32.1. The van der Waals surface area contributed by atoms with Gasteiger partial charge in [0.2, 0.25) is 0 Å². The third kappa shape index (κ3) is 37.0. The van der Waals surface area contributed by atoms with Crippen molar-refractivity contribution >= 4 is 57.5 Å². The molecule has 2 aromatic rings. The van der Waals surface area contributed by atoms with Gasteiger partial charge in [-0.25, -0.2) is 0 Å². The zero-order chi connectivity index (χ0) is 27.3. The van der Waals surface area contributed by atoms with Crippen LogP contribution in [0, 0.1) is 5.92 Å². The first kappa shape index (κ1) is 37.8. The smallest absolute Gasteiger partial charge is 0.152 e. The van der Waals surface area contributed by atoms with Gasteiger partial charge in [0.25, 0.3) is 0 Å². The predicted octanol–water partition coefficient (Wildman–Crippen LogP) is 10.8. The van der Waals surface area contributed by atoms with Crippen LogP contribution in [0.2, 0.25) is 0 Å². The molecule has 35 heavy (non-hydrogen) atoms. The minimum Gasteiger partial charge on any atom is -0.295 e. The fraction of sp³-hybridized carbons (Fsp3) is 0.484. The fourth-order valence-electron chi connectivity index (χ4n) is 2.54. The maximum Gasteiger partial charge on any atom is 0.152 e. The molecule has 1 aromatic heterocycles. The third-order valence-corrected chi connectivity index (χ3v) is 5.20. The van der Waals surface area contributed by atoms with E-state index in [0.29, 0.717) is 0 Å². The number of benzene rings is 1. The van der Waals surface area contributed by atoms with E-state index < -0.39 is 0 Å². The average Bonchev–Trinajstić information content (AvgIpc) is 3.32. The Morgan fingerprint density at radius 2 is 1.63 bits per heavy atom. The summed E-state index contributed by atoms with van der Waals surface area (Å²) in [5.74, 6) is 0.989. The van der Waals surface area contributed by atoms with Gasteiger partial charge < -0.3 is 0 Å². The van der Waals surface area contributed by atoms with Crippen LogP contribution in [0.1, 0.15) is 97.4 Å². The molecule has 0 saturated heterocycles. The van der Waals surface area contributed by atoms with Gasteiger partial charge in [-0.05, 0) is 91.9 Å². The van der Waals surface area contributed by atoms with E-state index in [0.717, 1.165) is 22.1 Å². The second-order valence-electron chi connectivity index (χ2n) is 8.33. The Balaban J connectivity index is -0.000000386. The van der Waals surface area contributed by atoms with Gasteiger partial charge in [-0.1, -0.05) is 114 Å². The number of rotatable bonds is 9. The molecular formula is C31H48OS3. The summed E-state index contributed by atoms with van der Waals surface area (Å²) in [5, 5.41) is 4.07. The summed E-state index contributed by atoms with van der Waals surface area (Å²) in [6, 6.07) is 14.6. The fourth-order valence-corrected chi connectivity index (χ4v) is 3.36. The van der Waals surface area contributed by atoms with Crippen LogP contribution in [0.4, 0.5) is 0 Å². The minimum atomic E-state index is 0.0911. The summed E-state index contributed by atoms with van der Waals surface area (Å²) in [7, 11) is 0.